The van der Waals surface area contributed by atoms with Gasteiger partial charge in [0, 0.05) is 16.8 Å². The average molecular weight is 321 g/mol. The fourth-order valence-corrected chi connectivity index (χ4v) is 3.08. The molecule has 0 amide bonds. The van der Waals surface area contributed by atoms with Gasteiger partial charge in [-0.3, -0.25) is 4.98 Å². The first-order valence-electron chi connectivity index (χ1n) is 5.83. The molecule has 0 bridgehead atoms. The highest BCUT2D eigenvalue weighted by atomic mass is 79.9. The number of rotatable bonds is 0. The summed E-state index contributed by atoms with van der Waals surface area (Å²) >= 11 is 9.55. The summed E-state index contributed by atoms with van der Waals surface area (Å²) in [7, 11) is 0. The first-order valence-corrected chi connectivity index (χ1v) is 7.12. The molecule has 0 unspecified atom stereocenters. The van der Waals surface area contributed by atoms with Crippen LogP contribution < -0.4 is 0 Å². The molecule has 0 spiro atoms. The summed E-state index contributed by atoms with van der Waals surface area (Å²) < 4.78 is 0. The first kappa shape index (κ1) is 11.9. The zero-order valence-corrected chi connectivity index (χ0v) is 12.0. The van der Waals surface area contributed by atoms with Crippen LogP contribution in [0, 0.1) is 0 Å². The van der Waals surface area contributed by atoms with E-state index in [1.165, 1.54) is 16.7 Å². The van der Waals surface area contributed by atoms with Crippen molar-refractivity contribution in [1.29, 1.82) is 0 Å². The second-order valence-corrected chi connectivity index (χ2v) is 5.23. The minimum atomic E-state index is 0.793. The van der Waals surface area contributed by atoms with E-state index >= 15 is 0 Å². The van der Waals surface area contributed by atoms with Crippen LogP contribution >= 0.6 is 27.5 Å². The monoisotopic (exact) mass is 319 g/mol. The van der Waals surface area contributed by atoms with Crippen molar-refractivity contribution >= 4 is 33.1 Å². The average Bonchev–Trinajstić information content (AvgIpc) is 2.55. The number of hydrogen-bond acceptors (Lipinski definition) is 1. The Hall–Kier alpha value is -1.12. The lowest BCUT2D eigenvalue weighted by molar-refractivity contribution is 0.955. The zero-order chi connectivity index (χ0) is 12.5. The van der Waals surface area contributed by atoms with Gasteiger partial charge in [0.05, 0.1) is 5.69 Å². The molecule has 0 saturated carbocycles. The van der Waals surface area contributed by atoms with Crippen molar-refractivity contribution in [2.24, 2.45) is 0 Å². The van der Waals surface area contributed by atoms with Gasteiger partial charge in [-0.2, -0.15) is 0 Å². The van der Waals surface area contributed by atoms with Crippen molar-refractivity contribution in [1.82, 2.24) is 4.98 Å². The van der Waals surface area contributed by atoms with Crippen LogP contribution in [0.4, 0.5) is 0 Å². The molecule has 3 heteroatoms. The summed E-state index contributed by atoms with van der Waals surface area (Å²) in [6, 6.07) is 10.2. The molecule has 3 rings (SSSR count). The van der Waals surface area contributed by atoms with Gasteiger partial charge in [-0.05, 0) is 52.7 Å². The quantitative estimate of drug-likeness (QED) is 0.690. The molecule has 1 aliphatic rings. The molecule has 1 nitrogen and oxygen atoms in total. The molecule has 2 aromatic rings. The predicted molar refractivity (Wildman–Crippen MR) is 79.1 cm³/mol. The van der Waals surface area contributed by atoms with Gasteiger partial charge in [0.2, 0.25) is 0 Å². The fourth-order valence-electron chi connectivity index (χ4n) is 2.42. The Morgan fingerprint density at radius 2 is 2.00 bits per heavy atom. The molecule has 18 heavy (non-hydrogen) atoms. The fraction of sp³-hybridized carbons (Fsp3) is 0.133. The van der Waals surface area contributed by atoms with E-state index in [1.807, 2.05) is 23.3 Å². The number of fused-ring (bicyclic) bond motifs is 2. The van der Waals surface area contributed by atoms with Gasteiger partial charge in [-0.1, -0.05) is 39.7 Å². The van der Waals surface area contributed by atoms with Crippen LogP contribution in [-0.2, 0) is 12.8 Å². The van der Waals surface area contributed by atoms with Gasteiger partial charge < -0.3 is 0 Å². The van der Waals surface area contributed by atoms with Crippen LogP contribution in [-0.4, -0.2) is 4.98 Å². The minimum Gasteiger partial charge on any atom is -0.256 e. The highest BCUT2D eigenvalue weighted by Gasteiger charge is 2.18. The number of aryl methyl sites for hydroxylation is 2. The maximum atomic E-state index is 6.09. The van der Waals surface area contributed by atoms with Crippen molar-refractivity contribution in [3.63, 3.8) is 0 Å². The molecule has 0 N–H and O–H groups in total. The summed E-state index contributed by atoms with van der Waals surface area (Å²) in [6.45, 7) is 0. The standard InChI is InChI=1S/C15H11BrClN/c16-9-14-13-6-5-12(17)8-11(13)4-3-10-2-1-7-18-15(10)14/h1-2,5-9H,3-4H2/b14-9+. The highest BCUT2D eigenvalue weighted by Crippen LogP contribution is 2.34. The molecule has 1 heterocycles. The van der Waals surface area contributed by atoms with E-state index in [-0.39, 0.29) is 0 Å². The Kier molecular flexibility index (Phi) is 3.23. The molecular formula is C15H11BrClN. The summed E-state index contributed by atoms with van der Waals surface area (Å²) in [5.41, 5.74) is 5.99. The van der Waals surface area contributed by atoms with Crippen molar-refractivity contribution in [3.05, 3.63) is 68.9 Å². The van der Waals surface area contributed by atoms with Crippen molar-refractivity contribution in [2.75, 3.05) is 0 Å². The molecule has 0 saturated heterocycles. The van der Waals surface area contributed by atoms with Crippen molar-refractivity contribution in [3.8, 4) is 0 Å². The number of aromatic nitrogens is 1. The Morgan fingerprint density at radius 1 is 1.17 bits per heavy atom. The summed E-state index contributed by atoms with van der Waals surface area (Å²) in [5.74, 6) is 0. The van der Waals surface area contributed by atoms with Gasteiger partial charge >= 0.3 is 0 Å². The van der Waals surface area contributed by atoms with E-state index in [0.29, 0.717) is 0 Å². The van der Waals surface area contributed by atoms with Crippen LogP contribution in [0.5, 0.6) is 0 Å². The third kappa shape index (κ3) is 2.00. The third-order valence-electron chi connectivity index (χ3n) is 3.28. The van der Waals surface area contributed by atoms with Gasteiger partial charge in [-0.25, -0.2) is 0 Å². The molecule has 0 atom stereocenters. The number of nitrogens with zero attached hydrogens (tertiary/aromatic N) is 1. The Bertz CT molecular complexity index is 634. The van der Waals surface area contributed by atoms with E-state index in [2.05, 4.69) is 39.1 Å². The molecule has 1 aliphatic carbocycles. The van der Waals surface area contributed by atoms with Crippen LogP contribution in [0.1, 0.15) is 22.4 Å². The van der Waals surface area contributed by atoms with E-state index < -0.39 is 0 Å². The largest absolute Gasteiger partial charge is 0.256 e. The lowest BCUT2D eigenvalue weighted by Gasteiger charge is -2.09. The second-order valence-electron chi connectivity index (χ2n) is 4.34. The lowest BCUT2D eigenvalue weighted by Crippen LogP contribution is -1.94. The molecule has 0 aliphatic heterocycles. The van der Waals surface area contributed by atoms with Crippen molar-refractivity contribution < 1.29 is 0 Å². The van der Waals surface area contributed by atoms with Crippen LogP contribution in [0.3, 0.4) is 0 Å². The van der Waals surface area contributed by atoms with Gasteiger partial charge in [0.25, 0.3) is 0 Å². The number of hydrogen-bond donors (Lipinski definition) is 0. The highest BCUT2D eigenvalue weighted by molar-refractivity contribution is 9.11. The van der Waals surface area contributed by atoms with E-state index in [4.69, 9.17) is 11.6 Å². The maximum absolute atomic E-state index is 6.09. The molecular weight excluding hydrogens is 310 g/mol. The minimum absolute atomic E-state index is 0.793. The summed E-state index contributed by atoms with van der Waals surface area (Å²) in [4.78, 5) is 6.48. The molecule has 90 valence electrons. The summed E-state index contributed by atoms with van der Waals surface area (Å²) in [6.07, 6.45) is 3.84. The van der Waals surface area contributed by atoms with Crippen molar-refractivity contribution in [2.45, 2.75) is 12.8 Å². The van der Waals surface area contributed by atoms with E-state index in [0.717, 1.165) is 29.1 Å². The topological polar surface area (TPSA) is 12.9 Å². The number of halogens is 2. The van der Waals surface area contributed by atoms with Crippen LogP contribution in [0.15, 0.2) is 41.5 Å². The van der Waals surface area contributed by atoms with Gasteiger partial charge in [0.1, 0.15) is 0 Å². The number of benzene rings is 1. The van der Waals surface area contributed by atoms with Crippen LogP contribution in [0.2, 0.25) is 5.02 Å². The molecule has 0 fully saturated rings. The normalized spacial score (nSPS) is 16.0. The SMILES string of the molecule is Clc1ccc2c(c1)CCc1cccnc1/C2=C/Br. The first-order chi connectivity index (χ1) is 8.79. The molecule has 1 aromatic heterocycles. The maximum Gasteiger partial charge on any atom is 0.0745 e. The zero-order valence-electron chi connectivity index (χ0n) is 9.66. The Labute approximate surface area is 120 Å². The Morgan fingerprint density at radius 3 is 2.83 bits per heavy atom. The molecule has 1 aromatic carbocycles. The molecule has 0 radical (unpaired) electrons. The second kappa shape index (κ2) is 4.87. The number of pyridine rings is 1. The predicted octanol–water partition coefficient (Wildman–Crippen LogP) is 4.62. The van der Waals surface area contributed by atoms with Gasteiger partial charge in [0.15, 0.2) is 0 Å². The third-order valence-corrected chi connectivity index (χ3v) is 3.97. The smallest absolute Gasteiger partial charge is 0.0745 e. The van der Waals surface area contributed by atoms with E-state index in [9.17, 15) is 0 Å². The Balaban J connectivity index is 2.25. The lowest BCUT2D eigenvalue weighted by atomic mass is 9.99. The van der Waals surface area contributed by atoms with Gasteiger partial charge in [-0.15, -0.1) is 0 Å². The summed E-state index contributed by atoms with van der Waals surface area (Å²) in [5, 5.41) is 0.793. The van der Waals surface area contributed by atoms with Crippen LogP contribution in [0.25, 0.3) is 5.57 Å². The van der Waals surface area contributed by atoms with E-state index in [1.54, 1.807) is 0 Å².